The lowest BCUT2D eigenvalue weighted by Crippen LogP contribution is -2.27. The fourth-order valence-corrected chi connectivity index (χ4v) is 4.16. The molecule has 0 spiro atoms. The number of hydrogen-bond donors (Lipinski definition) is 1. The summed E-state index contributed by atoms with van der Waals surface area (Å²) >= 11 is 0. The Morgan fingerprint density at radius 1 is 0.929 bits per heavy atom. The van der Waals surface area contributed by atoms with Crippen LogP contribution in [-0.2, 0) is 10.0 Å². The number of nitrogens with one attached hydrogen (secondary N) is 1. The second kappa shape index (κ2) is 8.08. The standard InChI is InChI=1S/C21H19F2NO3S/c1-14(24-28(25,26)17-10-8-16(27-2)9-11-17)20-13-15(22)7-12-18(20)19-5-3-4-6-21(19)23/h3-14,24H,1-2H3/t14-/m0/s1. The molecule has 1 atom stereocenters. The summed E-state index contributed by atoms with van der Waals surface area (Å²) in [5.41, 5.74) is 1.03. The van der Waals surface area contributed by atoms with Crippen molar-refractivity contribution in [3.05, 3.63) is 83.9 Å². The SMILES string of the molecule is COc1ccc(S(=O)(=O)N[C@@H](C)c2cc(F)ccc2-c2ccccc2F)cc1. The number of methoxy groups -OCH3 is 1. The molecule has 0 fully saturated rings. The Kier molecular flexibility index (Phi) is 5.76. The van der Waals surface area contributed by atoms with Crippen molar-refractivity contribution in [3.63, 3.8) is 0 Å². The number of halogens is 2. The van der Waals surface area contributed by atoms with Gasteiger partial charge in [-0.1, -0.05) is 24.3 Å². The van der Waals surface area contributed by atoms with E-state index in [0.717, 1.165) is 0 Å². The van der Waals surface area contributed by atoms with E-state index in [0.29, 0.717) is 16.9 Å². The van der Waals surface area contributed by atoms with Gasteiger partial charge in [-0.2, -0.15) is 0 Å². The van der Waals surface area contributed by atoms with Gasteiger partial charge in [0.05, 0.1) is 12.0 Å². The second-order valence-corrected chi connectivity index (χ2v) is 7.94. The molecule has 0 heterocycles. The first kappa shape index (κ1) is 20.0. The van der Waals surface area contributed by atoms with Crippen molar-refractivity contribution in [3.8, 4) is 16.9 Å². The number of rotatable bonds is 6. The molecule has 3 aromatic rings. The number of ether oxygens (including phenoxy) is 1. The van der Waals surface area contributed by atoms with Crippen molar-refractivity contribution in [2.45, 2.75) is 17.9 Å². The fourth-order valence-electron chi connectivity index (χ4n) is 2.94. The van der Waals surface area contributed by atoms with Gasteiger partial charge in [-0.05, 0) is 60.5 Å². The molecule has 0 saturated heterocycles. The summed E-state index contributed by atoms with van der Waals surface area (Å²) in [6.07, 6.45) is 0. The topological polar surface area (TPSA) is 55.4 Å². The molecule has 0 aliphatic carbocycles. The Labute approximate surface area is 162 Å². The maximum Gasteiger partial charge on any atom is 0.241 e. The lowest BCUT2D eigenvalue weighted by atomic mass is 9.95. The highest BCUT2D eigenvalue weighted by molar-refractivity contribution is 7.89. The maximum absolute atomic E-state index is 14.2. The van der Waals surface area contributed by atoms with Crippen molar-refractivity contribution in [2.75, 3.05) is 7.11 Å². The van der Waals surface area contributed by atoms with Crippen molar-refractivity contribution in [1.82, 2.24) is 4.72 Å². The molecule has 0 aromatic heterocycles. The summed E-state index contributed by atoms with van der Waals surface area (Å²) in [5.74, 6) is -0.481. The van der Waals surface area contributed by atoms with Crippen LogP contribution >= 0.6 is 0 Å². The van der Waals surface area contributed by atoms with Crippen molar-refractivity contribution in [1.29, 1.82) is 0 Å². The van der Waals surface area contributed by atoms with E-state index < -0.39 is 27.7 Å². The van der Waals surface area contributed by atoms with Gasteiger partial charge in [-0.25, -0.2) is 21.9 Å². The van der Waals surface area contributed by atoms with E-state index in [4.69, 9.17) is 4.74 Å². The van der Waals surface area contributed by atoms with Gasteiger partial charge in [0.2, 0.25) is 10.0 Å². The third-order valence-corrected chi connectivity index (χ3v) is 5.90. The summed E-state index contributed by atoms with van der Waals surface area (Å²) in [7, 11) is -2.39. The van der Waals surface area contributed by atoms with Crippen LogP contribution in [-0.4, -0.2) is 15.5 Å². The van der Waals surface area contributed by atoms with Gasteiger partial charge in [-0.15, -0.1) is 0 Å². The Morgan fingerprint density at radius 2 is 1.61 bits per heavy atom. The highest BCUT2D eigenvalue weighted by atomic mass is 32.2. The zero-order chi connectivity index (χ0) is 20.3. The Bertz CT molecular complexity index is 1080. The molecule has 7 heteroatoms. The van der Waals surface area contributed by atoms with Crippen molar-refractivity contribution >= 4 is 10.0 Å². The smallest absolute Gasteiger partial charge is 0.241 e. The Balaban J connectivity index is 1.97. The van der Waals surface area contributed by atoms with Gasteiger partial charge in [-0.3, -0.25) is 0 Å². The van der Waals surface area contributed by atoms with E-state index in [2.05, 4.69) is 4.72 Å². The van der Waals surface area contributed by atoms with Gasteiger partial charge in [0.25, 0.3) is 0 Å². The first-order chi connectivity index (χ1) is 13.3. The normalized spacial score (nSPS) is 12.6. The quantitative estimate of drug-likeness (QED) is 0.650. The monoisotopic (exact) mass is 403 g/mol. The molecule has 0 aliphatic rings. The molecular formula is C21H19F2NO3S. The van der Waals surface area contributed by atoms with Crippen LogP contribution in [0.25, 0.3) is 11.1 Å². The number of hydrogen-bond acceptors (Lipinski definition) is 3. The highest BCUT2D eigenvalue weighted by Crippen LogP contribution is 2.31. The third kappa shape index (κ3) is 4.21. The fraction of sp³-hybridized carbons (Fsp3) is 0.143. The van der Waals surface area contributed by atoms with Crippen LogP contribution in [0.1, 0.15) is 18.5 Å². The number of sulfonamides is 1. The van der Waals surface area contributed by atoms with Crippen LogP contribution in [0.2, 0.25) is 0 Å². The largest absolute Gasteiger partial charge is 0.497 e. The summed E-state index contributed by atoms with van der Waals surface area (Å²) in [4.78, 5) is 0.0454. The van der Waals surface area contributed by atoms with Crippen LogP contribution in [0.15, 0.2) is 71.6 Å². The molecule has 0 amide bonds. The van der Waals surface area contributed by atoms with E-state index in [1.807, 2.05) is 0 Å². The maximum atomic E-state index is 14.2. The zero-order valence-corrected chi connectivity index (χ0v) is 16.1. The van der Waals surface area contributed by atoms with E-state index in [1.165, 1.54) is 55.6 Å². The lowest BCUT2D eigenvalue weighted by Gasteiger charge is -2.19. The van der Waals surface area contributed by atoms with Crippen molar-refractivity contribution < 1.29 is 21.9 Å². The van der Waals surface area contributed by atoms with Crippen LogP contribution in [0, 0.1) is 11.6 Å². The Morgan fingerprint density at radius 3 is 2.25 bits per heavy atom. The molecule has 0 saturated carbocycles. The van der Waals surface area contributed by atoms with Crippen LogP contribution in [0.4, 0.5) is 8.78 Å². The predicted octanol–water partition coefficient (Wildman–Crippen LogP) is 4.68. The van der Waals surface area contributed by atoms with E-state index in [9.17, 15) is 17.2 Å². The van der Waals surface area contributed by atoms with Crippen molar-refractivity contribution in [2.24, 2.45) is 0 Å². The molecular weight excluding hydrogens is 384 g/mol. The van der Waals surface area contributed by atoms with Crippen LogP contribution in [0.3, 0.4) is 0 Å². The van der Waals surface area contributed by atoms with E-state index >= 15 is 0 Å². The molecule has 0 aliphatic heterocycles. The van der Waals surface area contributed by atoms with E-state index in [-0.39, 0.29) is 10.5 Å². The van der Waals surface area contributed by atoms with Crippen LogP contribution in [0.5, 0.6) is 5.75 Å². The molecule has 146 valence electrons. The second-order valence-electron chi connectivity index (χ2n) is 6.23. The van der Waals surface area contributed by atoms with Gasteiger partial charge >= 0.3 is 0 Å². The number of benzene rings is 3. The summed E-state index contributed by atoms with van der Waals surface area (Å²) < 4.78 is 61.1. The minimum atomic E-state index is -3.88. The molecule has 3 rings (SSSR count). The van der Waals surface area contributed by atoms with Gasteiger partial charge in [0.1, 0.15) is 17.4 Å². The molecule has 1 N–H and O–H groups in total. The van der Waals surface area contributed by atoms with Gasteiger partial charge in [0, 0.05) is 11.6 Å². The molecule has 28 heavy (non-hydrogen) atoms. The predicted molar refractivity (Wildman–Crippen MR) is 104 cm³/mol. The summed E-state index contributed by atoms with van der Waals surface area (Å²) in [6.45, 7) is 1.58. The first-order valence-corrected chi connectivity index (χ1v) is 10.0. The average Bonchev–Trinajstić information content (AvgIpc) is 2.68. The minimum Gasteiger partial charge on any atom is -0.497 e. The lowest BCUT2D eigenvalue weighted by molar-refractivity contribution is 0.414. The van der Waals surface area contributed by atoms with Gasteiger partial charge < -0.3 is 4.74 Å². The molecule has 0 radical (unpaired) electrons. The average molecular weight is 403 g/mol. The summed E-state index contributed by atoms with van der Waals surface area (Å²) in [6, 6.07) is 15.1. The molecule has 4 nitrogen and oxygen atoms in total. The highest BCUT2D eigenvalue weighted by Gasteiger charge is 2.22. The molecule has 3 aromatic carbocycles. The van der Waals surface area contributed by atoms with Crippen LogP contribution < -0.4 is 9.46 Å². The summed E-state index contributed by atoms with van der Waals surface area (Å²) in [5, 5.41) is 0. The van der Waals surface area contributed by atoms with E-state index in [1.54, 1.807) is 25.1 Å². The Hall–Kier alpha value is -2.77. The first-order valence-electron chi connectivity index (χ1n) is 8.52. The molecule has 0 bridgehead atoms. The molecule has 0 unspecified atom stereocenters. The zero-order valence-electron chi connectivity index (χ0n) is 15.3. The third-order valence-electron chi connectivity index (χ3n) is 4.35. The van der Waals surface area contributed by atoms with Gasteiger partial charge in [0.15, 0.2) is 0 Å². The minimum absolute atomic E-state index is 0.0454.